The molecule has 0 radical (unpaired) electrons. The number of rotatable bonds is 7. The first kappa shape index (κ1) is 22.0. The molecule has 2 amide bonds. The third-order valence-electron chi connectivity index (χ3n) is 5.25. The van der Waals surface area contributed by atoms with Crippen molar-refractivity contribution in [3.05, 3.63) is 59.1 Å². The number of nitrogens with zero attached hydrogens (tertiary/aromatic N) is 1. The highest BCUT2D eigenvalue weighted by Crippen LogP contribution is 2.18. The lowest BCUT2D eigenvalue weighted by Gasteiger charge is -2.33. The number of phenols is 1. The predicted octanol–water partition coefficient (Wildman–Crippen LogP) is 3.55. The first-order valence-electron chi connectivity index (χ1n) is 10.2. The number of amides is 2. The molecular weight excluding hydrogens is 404 g/mol. The van der Waals surface area contributed by atoms with Gasteiger partial charge in [0, 0.05) is 30.6 Å². The van der Waals surface area contributed by atoms with E-state index in [1.165, 1.54) is 12.1 Å². The number of aromatic hydroxyl groups is 1. The van der Waals surface area contributed by atoms with E-state index in [1.807, 2.05) is 29.2 Å². The molecule has 7 heteroatoms. The number of benzene rings is 2. The number of carbonyl (C=O) groups is 2. The molecule has 30 heavy (non-hydrogen) atoms. The van der Waals surface area contributed by atoms with Gasteiger partial charge in [0.25, 0.3) is 5.91 Å². The molecule has 1 atom stereocenters. The van der Waals surface area contributed by atoms with Gasteiger partial charge in [0.2, 0.25) is 5.91 Å². The second-order valence-corrected chi connectivity index (χ2v) is 7.98. The van der Waals surface area contributed by atoms with Crippen LogP contribution >= 0.6 is 11.6 Å². The Morgan fingerprint density at radius 1 is 1.13 bits per heavy atom. The fourth-order valence-corrected chi connectivity index (χ4v) is 3.56. The van der Waals surface area contributed by atoms with E-state index in [0.717, 1.165) is 18.4 Å². The van der Waals surface area contributed by atoms with Gasteiger partial charge in [0.1, 0.15) is 11.5 Å². The van der Waals surface area contributed by atoms with Gasteiger partial charge in [0.15, 0.2) is 6.10 Å². The molecule has 1 saturated heterocycles. The van der Waals surface area contributed by atoms with E-state index < -0.39 is 6.10 Å². The zero-order valence-corrected chi connectivity index (χ0v) is 17.8. The van der Waals surface area contributed by atoms with Crippen molar-refractivity contribution in [2.24, 2.45) is 0 Å². The second-order valence-electron chi connectivity index (χ2n) is 7.54. The Morgan fingerprint density at radius 3 is 2.40 bits per heavy atom. The van der Waals surface area contributed by atoms with Crippen LogP contribution in [0.15, 0.2) is 48.5 Å². The summed E-state index contributed by atoms with van der Waals surface area (Å²) in [6.45, 7) is 2.97. The molecule has 2 aromatic carbocycles. The van der Waals surface area contributed by atoms with Crippen LogP contribution in [0, 0.1) is 0 Å². The van der Waals surface area contributed by atoms with E-state index in [2.05, 4.69) is 5.32 Å². The highest BCUT2D eigenvalue weighted by atomic mass is 35.5. The highest BCUT2D eigenvalue weighted by molar-refractivity contribution is 6.30. The minimum Gasteiger partial charge on any atom is -0.508 e. The number of likely N-dealkylation sites (tertiary alicyclic amines) is 1. The first-order chi connectivity index (χ1) is 14.4. The molecule has 1 fully saturated rings. The van der Waals surface area contributed by atoms with Gasteiger partial charge in [-0.1, -0.05) is 23.7 Å². The standard InChI is InChI=1S/C23H27ClN2O4/c1-16(30-21-9-7-20(27)8-10-21)23(29)25-19-12-14-26(15-13-19)22(28)11-4-17-2-5-18(24)6-3-17/h2-3,5-10,16,19,27H,4,11-15H2,1H3,(H,25,29). The van der Waals surface area contributed by atoms with Gasteiger partial charge in [-0.25, -0.2) is 0 Å². The van der Waals surface area contributed by atoms with E-state index in [4.69, 9.17) is 16.3 Å². The molecule has 3 rings (SSSR count). The van der Waals surface area contributed by atoms with Gasteiger partial charge in [-0.3, -0.25) is 9.59 Å². The smallest absolute Gasteiger partial charge is 0.260 e. The van der Waals surface area contributed by atoms with Crippen LogP contribution in [0.4, 0.5) is 0 Å². The summed E-state index contributed by atoms with van der Waals surface area (Å²) < 4.78 is 5.62. The Labute approximate surface area is 181 Å². The lowest BCUT2D eigenvalue weighted by Crippen LogP contribution is -2.49. The monoisotopic (exact) mass is 430 g/mol. The predicted molar refractivity (Wildman–Crippen MR) is 116 cm³/mol. The van der Waals surface area contributed by atoms with Crippen LogP contribution in [0.25, 0.3) is 0 Å². The number of phenolic OH excluding ortho intramolecular Hbond substituents is 1. The number of piperidine rings is 1. The molecule has 0 aromatic heterocycles. The molecular formula is C23H27ClN2O4. The SMILES string of the molecule is CC(Oc1ccc(O)cc1)C(=O)NC1CCN(C(=O)CCc2ccc(Cl)cc2)CC1. The average Bonchev–Trinajstić information content (AvgIpc) is 2.75. The first-order valence-corrected chi connectivity index (χ1v) is 10.6. The van der Waals surface area contributed by atoms with Crippen molar-refractivity contribution < 1.29 is 19.4 Å². The summed E-state index contributed by atoms with van der Waals surface area (Å²) in [4.78, 5) is 26.8. The number of nitrogens with one attached hydrogen (secondary N) is 1. The van der Waals surface area contributed by atoms with E-state index in [-0.39, 0.29) is 23.6 Å². The van der Waals surface area contributed by atoms with E-state index >= 15 is 0 Å². The number of ether oxygens (including phenoxy) is 1. The van der Waals surface area contributed by atoms with Crippen molar-refractivity contribution in [2.75, 3.05) is 13.1 Å². The number of hydrogen-bond acceptors (Lipinski definition) is 4. The third-order valence-corrected chi connectivity index (χ3v) is 5.51. The van der Waals surface area contributed by atoms with Crippen LogP contribution in [-0.4, -0.2) is 47.1 Å². The van der Waals surface area contributed by atoms with Crippen molar-refractivity contribution in [1.82, 2.24) is 10.2 Å². The summed E-state index contributed by atoms with van der Waals surface area (Å²) in [5.41, 5.74) is 1.09. The van der Waals surface area contributed by atoms with Gasteiger partial charge >= 0.3 is 0 Å². The summed E-state index contributed by atoms with van der Waals surface area (Å²) in [5.74, 6) is 0.625. The van der Waals surface area contributed by atoms with E-state index in [0.29, 0.717) is 36.7 Å². The van der Waals surface area contributed by atoms with Gasteiger partial charge in [-0.2, -0.15) is 0 Å². The minimum absolute atomic E-state index is 0.0312. The summed E-state index contributed by atoms with van der Waals surface area (Å²) in [7, 11) is 0. The lowest BCUT2D eigenvalue weighted by molar-refractivity contribution is -0.132. The van der Waals surface area contributed by atoms with Gasteiger partial charge in [-0.05, 0) is 68.1 Å². The van der Waals surface area contributed by atoms with Crippen LogP contribution in [0.3, 0.4) is 0 Å². The molecule has 1 aliphatic heterocycles. The van der Waals surface area contributed by atoms with Gasteiger partial charge in [0.05, 0.1) is 0 Å². The Bertz CT molecular complexity index is 847. The number of carbonyl (C=O) groups excluding carboxylic acids is 2. The minimum atomic E-state index is -0.645. The van der Waals surface area contributed by atoms with Crippen molar-refractivity contribution in [3.8, 4) is 11.5 Å². The lowest BCUT2D eigenvalue weighted by atomic mass is 10.0. The summed E-state index contributed by atoms with van der Waals surface area (Å²) in [5, 5.41) is 13.0. The largest absolute Gasteiger partial charge is 0.508 e. The van der Waals surface area contributed by atoms with Gasteiger partial charge < -0.3 is 20.1 Å². The van der Waals surface area contributed by atoms with Crippen LogP contribution in [0.1, 0.15) is 31.7 Å². The molecule has 0 saturated carbocycles. The van der Waals surface area contributed by atoms with Gasteiger partial charge in [-0.15, -0.1) is 0 Å². The maximum atomic E-state index is 12.5. The molecule has 0 spiro atoms. The second kappa shape index (κ2) is 10.3. The van der Waals surface area contributed by atoms with E-state index in [9.17, 15) is 14.7 Å². The topological polar surface area (TPSA) is 78.9 Å². The van der Waals surface area contributed by atoms with E-state index in [1.54, 1.807) is 19.1 Å². The molecule has 0 bridgehead atoms. The Kier molecular flexibility index (Phi) is 7.57. The Balaban J connectivity index is 1.38. The highest BCUT2D eigenvalue weighted by Gasteiger charge is 2.25. The number of aryl methyl sites for hydroxylation is 1. The van der Waals surface area contributed by atoms with Crippen molar-refractivity contribution >= 4 is 23.4 Å². The normalized spacial score (nSPS) is 15.5. The quantitative estimate of drug-likeness (QED) is 0.704. The zero-order chi connectivity index (χ0) is 21.5. The maximum absolute atomic E-state index is 12.5. The number of halogens is 1. The molecule has 1 aliphatic rings. The van der Waals surface area contributed by atoms with Crippen molar-refractivity contribution in [3.63, 3.8) is 0 Å². The molecule has 6 nitrogen and oxygen atoms in total. The maximum Gasteiger partial charge on any atom is 0.260 e. The fourth-order valence-electron chi connectivity index (χ4n) is 3.43. The molecule has 2 aromatic rings. The molecule has 2 N–H and O–H groups in total. The van der Waals surface area contributed by atoms with Crippen molar-refractivity contribution in [1.29, 1.82) is 0 Å². The Morgan fingerprint density at radius 2 is 1.77 bits per heavy atom. The van der Waals surface area contributed by atoms with Crippen LogP contribution < -0.4 is 10.1 Å². The van der Waals surface area contributed by atoms with Crippen LogP contribution in [-0.2, 0) is 16.0 Å². The van der Waals surface area contributed by atoms with Crippen LogP contribution in [0.5, 0.6) is 11.5 Å². The summed E-state index contributed by atoms with van der Waals surface area (Å²) in [6.07, 6.45) is 1.97. The fraction of sp³-hybridized carbons (Fsp3) is 0.391. The third kappa shape index (κ3) is 6.39. The molecule has 160 valence electrons. The average molecular weight is 431 g/mol. The molecule has 0 aliphatic carbocycles. The molecule has 1 heterocycles. The number of hydrogen-bond donors (Lipinski definition) is 2. The van der Waals surface area contributed by atoms with Crippen LogP contribution in [0.2, 0.25) is 5.02 Å². The van der Waals surface area contributed by atoms with Crippen molar-refractivity contribution in [2.45, 2.75) is 44.8 Å². The zero-order valence-electron chi connectivity index (χ0n) is 17.0. The summed E-state index contributed by atoms with van der Waals surface area (Å²) in [6, 6.07) is 13.9. The Hall–Kier alpha value is -2.73. The summed E-state index contributed by atoms with van der Waals surface area (Å²) >= 11 is 5.89. The molecule has 1 unspecified atom stereocenters.